The van der Waals surface area contributed by atoms with E-state index in [1.54, 1.807) is 11.1 Å². The Morgan fingerprint density at radius 1 is 1.06 bits per heavy atom. The lowest BCUT2D eigenvalue weighted by Gasteiger charge is -2.21. The number of rotatable bonds is 4. The molecule has 7 heteroatoms. The van der Waals surface area contributed by atoms with Crippen LogP contribution in [0, 0.1) is 46.0 Å². The number of hydrazone groups is 1. The van der Waals surface area contributed by atoms with E-state index in [-0.39, 0.29) is 0 Å². The van der Waals surface area contributed by atoms with E-state index in [0.29, 0.717) is 11.3 Å². The summed E-state index contributed by atoms with van der Waals surface area (Å²) in [6.07, 6.45) is 1.14. The Kier molecular flexibility index (Phi) is 6.13. The molecule has 0 saturated heterocycles. The first-order valence-corrected chi connectivity index (χ1v) is 11.2. The van der Waals surface area contributed by atoms with Gasteiger partial charge in [-0.1, -0.05) is 18.2 Å². The fourth-order valence-electron chi connectivity index (χ4n) is 3.96. The van der Waals surface area contributed by atoms with Crippen LogP contribution in [0.15, 0.2) is 71.3 Å². The molecule has 0 spiro atoms. The zero-order valence-corrected chi connectivity index (χ0v) is 19.9. The van der Waals surface area contributed by atoms with Gasteiger partial charge in [0.25, 0.3) is 0 Å². The Balaban J connectivity index is 1.76. The van der Waals surface area contributed by atoms with Crippen molar-refractivity contribution in [2.24, 2.45) is 16.8 Å². The molecule has 1 aromatic heterocycles. The SMILES string of the molecule is Cc1cc(/C=C(/C#N)C2=NN(c3ccccc3)[C@@H](N)[C@H]2C#N)c(C)n1-c1ccc(I)cc1. The third kappa shape index (κ3) is 3.93. The third-order valence-corrected chi connectivity index (χ3v) is 6.26. The molecule has 0 aliphatic carbocycles. The highest BCUT2D eigenvalue weighted by molar-refractivity contribution is 14.1. The van der Waals surface area contributed by atoms with E-state index in [1.807, 2.05) is 50.2 Å². The minimum absolute atomic E-state index is 0.341. The maximum atomic E-state index is 9.94. The second-order valence-corrected chi connectivity index (χ2v) is 8.82. The average Bonchev–Trinajstić information content (AvgIpc) is 3.28. The first-order valence-electron chi connectivity index (χ1n) is 10.1. The Morgan fingerprint density at radius 3 is 2.38 bits per heavy atom. The number of halogens is 1. The molecule has 2 aromatic carbocycles. The van der Waals surface area contributed by atoms with E-state index in [4.69, 9.17) is 5.73 Å². The van der Waals surface area contributed by atoms with Gasteiger partial charge in [0, 0.05) is 20.6 Å². The lowest BCUT2D eigenvalue weighted by molar-refractivity contribution is 0.624. The fourth-order valence-corrected chi connectivity index (χ4v) is 4.32. The predicted molar refractivity (Wildman–Crippen MR) is 135 cm³/mol. The minimum atomic E-state index is -0.708. The number of aromatic nitrogens is 1. The lowest BCUT2D eigenvalue weighted by atomic mass is 9.95. The molecule has 3 aromatic rings. The maximum absolute atomic E-state index is 9.94. The van der Waals surface area contributed by atoms with Crippen molar-refractivity contribution >= 4 is 40.1 Å². The Morgan fingerprint density at radius 2 is 1.75 bits per heavy atom. The van der Waals surface area contributed by atoms with Crippen LogP contribution in [0.25, 0.3) is 11.8 Å². The molecule has 1 aliphatic heterocycles. The number of para-hydroxylation sites is 1. The van der Waals surface area contributed by atoms with Gasteiger partial charge in [-0.3, -0.25) is 0 Å². The summed E-state index contributed by atoms with van der Waals surface area (Å²) in [5.41, 5.74) is 11.9. The van der Waals surface area contributed by atoms with Crippen LogP contribution in [0.4, 0.5) is 5.69 Å². The summed E-state index contributed by atoms with van der Waals surface area (Å²) in [6.45, 7) is 4.05. The Bertz CT molecular complexity index is 1290. The number of hydrogen-bond donors (Lipinski definition) is 1. The van der Waals surface area contributed by atoms with Gasteiger partial charge in [-0.15, -0.1) is 0 Å². The van der Waals surface area contributed by atoms with Crippen LogP contribution in [0.2, 0.25) is 0 Å². The highest BCUT2D eigenvalue weighted by Gasteiger charge is 2.37. The van der Waals surface area contributed by atoms with Crippen LogP contribution in [0.1, 0.15) is 17.0 Å². The molecule has 6 nitrogen and oxygen atoms in total. The number of aryl methyl sites for hydroxylation is 1. The van der Waals surface area contributed by atoms with Crippen molar-refractivity contribution in [2.45, 2.75) is 20.0 Å². The molecule has 0 fully saturated rings. The number of nitrogens with zero attached hydrogens (tertiary/aromatic N) is 5. The topological polar surface area (TPSA) is 94.1 Å². The zero-order chi connectivity index (χ0) is 22.8. The van der Waals surface area contributed by atoms with Crippen LogP contribution in [-0.4, -0.2) is 16.4 Å². The molecule has 158 valence electrons. The van der Waals surface area contributed by atoms with E-state index in [0.717, 1.165) is 28.3 Å². The molecule has 32 heavy (non-hydrogen) atoms. The number of benzene rings is 2. The molecule has 1 aliphatic rings. The van der Waals surface area contributed by atoms with Crippen LogP contribution >= 0.6 is 22.6 Å². The predicted octanol–water partition coefficient (Wildman–Crippen LogP) is 4.91. The summed E-state index contributed by atoms with van der Waals surface area (Å²) in [7, 11) is 0. The van der Waals surface area contributed by atoms with E-state index in [9.17, 15) is 10.5 Å². The van der Waals surface area contributed by atoms with E-state index >= 15 is 0 Å². The standard InChI is InChI=1S/C25H21IN6/c1-16-12-18(17(2)31(16)21-10-8-20(26)9-11-21)13-19(14-27)24-23(15-28)25(29)32(30-24)22-6-4-3-5-7-22/h3-13,23,25H,29H2,1-2H3/b19-13-/t23-,25+/m0/s1. The molecule has 0 radical (unpaired) electrons. The van der Waals surface area contributed by atoms with Gasteiger partial charge in [-0.25, -0.2) is 5.01 Å². The lowest BCUT2D eigenvalue weighted by Crippen LogP contribution is -2.40. The van der Waals surface area contributed by atoms with Gasteiger partial charge in [0.1, 0.15) is 18.2 Å². The van der Waals surface area contributed by atoms with E-state index in [2.05, 4.69) is 68.7 Å². The Hall–Kier alpha value is -3.40. The number of hydrogen-bond acceptors (Lipinski definition) is 5. The van der Waals surface area contributed by atoms with Crippen LogP contribution in [0.3, 0.4) is 0 Å². The monoisotopic (exact) mass is 532 g/mol. The summed E-state index contributed by atoms with van der Waals surface area (Å²) in [5.74, 6) is -0.708. The number of nitrogens with two attached hydrogens (primary N) is 1. The van der Waals surface area contributed by atoms with E-state index < -0.39 is 12.1 Å². The highest BCUT2D eigenvalue weighted by atomic mass is 127. The van der Waals surface area contributed by atoms with Gasteiger partial charge in [0.2, 0.25) is 0 Å². The third-order valence-electron chi connectivity index (χ3n) is 5.55. The minimum Gasteiger partial charge on any atom is -0.318 e. The average molecular weight is 532 g/mol. The maximum Gasteiger partial charge on any atom is 0.127 e. The van der Waals surface area contributed by atoms with Gasteiger partial charge in [-0.2, -0.15) is 15.6 Å². The molecule has 0 saturated carbocycles. The van der Waals surface area contributed by atoms with Crippen molar-refractivity contribution in [3.8, 4) is 17.8 Å². The number of allylic oxidation sites excluding steroid dienone is 1. The summed E-state index contributed by atoms with van der Waals surface area (Å²) >= 11 is 2.29. The van der Waals surface area contributed by atoms with Crippen molar-refractivity contribution in [3.63, 3.8) is 0 Å². The molecule has 4 rings (SSSR count). The molecular weight excluding hydrogens is 511 g/mol. The number of nitriles is 2. The van der Waals surface area contributed by atoms with Gasteiger partial charge >= 0.3 is 0 Å². The molecule has 0 bridgehead atoms. The van der Waals surface area contributed by atoms with Crippen LogP contribution in [-0.2, 0) is 0 Å². The second kappa shape index (κ2) is 8.99. The first-order chi connectivity index (χ1) is 15.4. The summed E-state index contributed by atoms with van der Waals surface area (Å²) in [4.78, 5) is 0. The smallest absolute Gasteiger partial charge is 0.127 e. The zero-order valence-electron chi connectivity index (χ0n) is 17.7. The van der Waals surface area contributed by atoms with Crippen LogP contribution < -0.4 is 10.7 Å². The van der Waals surface area contributed by atoms with E-state index in [1.165, 1.54) is 3.57 Å². The van der Waals surface area contributed by atoms with Crippen molar-refractivity contribution in [2.75, 3.05) is 5.01 Å². The summed E-state index contributed by atoms with van der Waals surface area (Å²) in [5, 5.41) is 25.9. The summed E-state index contributed by atoms with van der Waals surface area (Å²) < 4.78 is 3.32. The number of anilines is 1. The van der Waals surface area contributed by atoms with Crippen molar-refractivity contribution in [3.05, 3.63) is 86.8 Å². The van der Waals surface area contributed by atoms with Crippen molar-refractivity contribution in [1.29, 1.82) is 10.5 Å². The fraction of sp³-hybridized carbons (Fsp3) is 0.160. The molecule has 2 N–H and O–H groups in total. The highest BCUT2D eigenvalue weighted by Crippen LogP contribution is 2.30. The normalized spacial score (nSPS) is 18.2. The molecule has 2 atom stereocenters. The summed E-state index contributed by atoms with van der Waals surface area (Å²) in [6, 6.07) is 24.2. The molecule has 2 heterocycles. The van der Waals surface area contributed by atoms with Gasteiger partial charge in [0.05, 0.1) is 23.0 Å². The molecular formula is C25H21IN6. The first kappa shape index (κ1) is 21.8. The quantitative estimate of drug-likeness (QED) is 0.382. The van der Waals surface area contributed by atoms with Gasteiger partial charge in [0.15, 0.2) is 0 Å². The second-order valence-electron chi connectivity index (χ2n) is 7.57. The van der Waals surface area contributed by atoms with Gasteiger partial charge in [-0.05, 0) is 90.5 Å². The molecule has 0 unspecified atom stereocenters. The van der Waals surface area contributed by atoms with Gasteiger partial charge < -0.3 is 10.3 Å². The van der Waals surface area contributed by atoms with Crippen LogP contribution in [0.5, 0.6) is 0 Å². The van der Waals surface area contributed by atoms with Crippen molar-refractivity contribution < 1.29 is 0 Å². The largest absolute Gasteiger partial charge is 0.318 e. The molecule has 0 amide bonds. The van der Waals surface area contributed by atoms with Crippen molar-refractivity contribution in [1.82, 2.24) is 4.57 Å². The Labute approximate surface area is 201 Å².